The SMILES string of the molecule is CC(C)NC(=O)[C@H](C)N(c1ccc(Cl)cc1)S(C)(=O)=O. The van der Waals surface area contributed by atoms with Gasteiger partial charge in [-0.3, -0.25) is 9.10 Å². The summed E-state index contributed by atoms with van der Waals surface area (Å²) in [6.07, 6.45) is 1.07. The second-order valence-corrected chi connectivity index (χ2v) is 7.17. The number of hydrogen-bond donors (Lipinski definition) is 1. The van der Waals surface area contributed by atoms with Crippen molar-refractivity contribution in [3.8, 4) is 0 Å². The lowest BCUT2D eigenvalue weighted by atomic mass is 10.2. The standard InChI is InChI=1S/C13H19ClN2O3S/c1-9(2)15-13(17)10(3)16(20(4,18)19)12-7-5-11(14)6-8-12/h5-10H,1-4H3,(H,15,17)/t10-/m0/s1. The molecule has 0 aliphatic rings. The fraction of sp³-hybridized carbons (Fsp3) is 0.462. The predicted molar refractivity (Wildman–Crippen MR) is 81.5 cm³/mol. The van der Waals surface area contributed by atoms with Crippen LogP contribution in [0.2, 0.25) is 5.02 Å². The van der Waals surface area contributed by atoms with Crippen molar-refractivity contribution in [2.45, 2.75) is 32.9 Å². The monoisotopic (exact) mass is 318 g/mol. The Bertz CT molecular complexity index is 570. The zero-order valence-corrected chi connectivity index (χ0v) is 13.5. The molecule has 1 aromatic rings. The molecular formula is C13H19ClN2O3S. The molecule has 0 spiro atoms. The summed E-state index contributed by atoms with van der Waals surface area (Å²) in [6, 6.07) is 5.42. The van der Waals surface area contributed by atoms with Crippen LogP contribution in [-0.2, 0) is 14.8 Å². The van der Waals surface area contributed by atoms with Crippen LogP contribution >= 0.6 is 11.6 Å². The first-order valence-corrected chi connectivity index (χ1v) is 8.41. The molecule has 0 aromatic heterocycles. The second-order valence-electron chi connectivity index (χ2n) is 4.87. The number of sulfonamides is 1. The maximum Gasteiger partial charge on any atom is 0.243 e. The van der Waals surface area contributed by atoms with Gasteiger partial charge < -0.3 is 5.32 Å². The third kappa shape index (κ3) is 4.38. The Hall–Kier alpha value is -1.27. The van der Waals surface area contributed by atoms with Crippen molar-refractivity contribution in [3.63, 3.8) is 0 Å². The van der Waals surface area contributed by atoms with Gasteiger partial charge in [-0.1, -0.05) is 11.6 Å². The van der Waals surface area contributed by atoms with Crippen LogP contribution in [0.15, 0.2) is 24.3 Å². The summed E-state index contributed by atoms with van der Waals surface area (Å²) in [4.78, 5) is 12.0. The van der Waals surface area contributed by atoms with Crippen LogP contribution in [0.3, 0.4) is 0 Å². The first-order chi connectivity index (χ1) is 9.12. The molecule has 1 atom stereocenters. The predicted octanol–water partition coefficient (Wildman–Crippen LogP) is 2.02. The number of anilines is 1. The van der Waals surface area contributed by atoms with Crippen molar-refractivity contribution >= 4 is 33.2 Å². The van der Waals surface area contributed by atoms with E-state index in [1.165, 1.54) is 0 Å². The smallest absolute Gasteiger partial charge is 0.243 e. The highest BCUT2D eigenvalue weighted by molar-refractivity contribution is 7.92. The fourth-order valence-corrected chi connectivity index (χ4v) is 3.10. The molecule has 1 N–H and O–H groups in total. The van der Waals surface area contributed by atoms with Crippen LogP contribution < -0.4 is 9.62 Å². The largest absolute Gasteiger partial charge is 0.352 e. The van der Waals surface area contributed by atoms with Gasteiger partial charge in [0.25, 0.3) is 0 Å². The summed E-state index contributed by atoms with van der Waals surface area (Å²) >= 11 is 5.79. The van der Waals surface area contributed by atoms with E-state index in [1.54, 1.807) is 31.2 Å². The number of hydrogen-bond acceptors (Lipinski definition) is 3. The number of halogens is 1. The Labute approximate surface area is 125 Å². The van der Waals surface area contributed by atoms with Gasteiger partial charge in [0.2, 0.25) is 15.9 Å². The topological polar surface area (TPSA) is 66.5 Å². The van der Waals surface area contributed by atoms with E-state index in [4.69, 9.17) is 11.6 Å². The van der Waals surface area contributed by atoms with Gasteiger partial charge in [-0.2, -0.15) is 0 Å². The molecule has 1 aromatic carbocycles. The molecular weight excluding hydrogens is 300 g/mol. The lowest BCUT2D eigenvalue weighted by Gasteiger charge is -2.28. The first kappa shape index (κ1) is 16.8. The molecule has 0 saturated heterocycles. The van der Waals surface area contributed by atoms with E-state index < -0.39 is 16.1 Å². The summed E-state index contributed by atoms with van der Waals surface area (Å²) in [7, 11) is -3.58. The molecule has 1 rings (SSSR count). The van der Waals surface area contributed by atoms with Crippen molar-refractivity contribution in [1.82, 2.24) is 5.32 Å². The van der Waals surface area contributed by atoms with E-state index >= 15 is 0 Å². The third-order valence-electron chi connectivity index (χ3n) is 2.60. The van der Waals surface area contributed by atoms with Crippen molar-refractivity contribution in [2.24, 2.45) is 0 Å². The molecule has 5 nitrogen and oxygen atoms in total. The lowest BCUT2D eigenvalue weighted by Crippen LogP contribution is -2.49. The summed E-state index contributed by atoms with van der Waals surface area (Å²) in [5.41, 5.74) is 0.406. The molecule has 0 heterocycles. The molecule has 7 heteroatoms. The van der Waals surface area contributed by atoms with Crippen LogP contribution in [0.25, 0.3) is 0 Å². The van der Waals surface area contributed by atoms with Crippen LogP contribution in [0, 0.1) is 0 Å². The number of nitrogens with one attached hydrogen (secondary N) is 1. The number of rotatable bonds is 5. The number of carbonyl (C=O) groups excluding carboxylic acids is 1. The third-order valence-corrected chi connectivity index (χ3v) is 4.09. The quantitative estimate of drug-likeness (QED) is 0.903. The number of nitrogens with zero attached hydrogens (tertiary/aromatic N) is 1. The van der Waals surface area contributed by atoms with E-state index in [-0.39, 0.29) is 11.9 Å². The van der Waals surface area contributed by atoms with Crippen LogP contribution in [-0.4, -0.2) is 32.7 Å². The normalized spacial score (nSPS) is 13.1. The van der Waals surface area contributed by atoms with E-state index in [0.717, 1.165) is 10.6 Å². The van der Waals surface area contributed by atoms with Gasteiger partial charge in [-0.05, 0) is 45.0 Å². The molecule has 20 heavy (non-hydrogen) atoms. The van der Waals surface area contributed by atoms with E-state index in [2.05, 4.69) is 5.32 Å². The molecule has 0 unspecified atom stereocenters. The molecule has 112 valence electrons. The second kappa shape index (κ2) is 6.45. The highest BCUT2D eigenvalue weighted by atomic mass is 35.5. The molecule has 0 fully saturated rings. The molecule has 0 aliphatic heterocycles. The Morgan fingerprint density at radius 2 is 1.70 bits per heavy atom. The van der Waals surface area contributed by atoms with Crippen molar-refractivity contribution in [2.75, 3.05) is 10.6 Å². The Morgan fingerprint density at radius 3 is 2.10 bits per heavy atom. The van der Waals surface area contributed by atoms with Gasteiger partial charge in [0.05, 0.1) is 11.9 Å². The number of benzene rings is 1. The summed E-state index contributed by atoms with van der Waals surface area (Å²) in [5, 5.41) is 3.21. The first-order valence-electron chi connectivity index (χ1n) is 6.18. The zero-order chi connectivity index (χ0) is 15.5. The van der Waals surface area contributed by atoms with Gasteiger partial charge in [0, 0.05) is 11.1 Å². The van der Waals surface area contributed by atoms with Crippen molar-refractivity contribution in [3.05, 3.63) is 29.3 Å². The summed E-state index contributed by atoms with van der Waals surface area (Å²) in [6.45, 7) is 5.18. The van der Waals surface area contributed by atoms with Gasteiger partial charge in [-0.15, -0.1) is 0 Å². The molecule has 1 amide bonds. The minimum atomic E-state index is -3.58. The van der Waals surface area contributed by atoms with Gasteiger partial charge in [-0.25, -0.2) is 8.42 Å². The molecule has 0 aliphatic carbocycles. The maximum absolute atomic E-state index is 12.0. The van der Waals surface area contributed by atoms with Crippen molar-refractivity contribution in [1.29, 1.82) is 0 Å². The highest BCUT2D eigenvalue weighted by Crippen LogP contribution is 2.22. The number of carbonyl (C=O) groups is 1. The number of amides is 1. The maximum atomic E-state index is 12.0. The van der Waals surface area contributed by atoms with Crippen LogP contribution in [0.1, 0.15) is 20.8 Å². The molecule has 0 radical (unpaired) electrons. The van der Waals surface area contributed by atoms with Crippen LogP contribution in [0.5, 0.6) is 0 Å². The molecule has 0 saturated carbocycles. The summed E-state index contributed by atoms with van der Waals surface area (Å²) < 4.78 is 25.0. The minimum absolute atomic E-state index is 0.0587. The van der Waals surface area contributed by atoms with Gasteiger partial charge >= 0.3 is 0 Å². The Morgan fingerprint density at radius 1 is 1.20 bits per heavy atom. The van der Waals surface area contributed by atoms with E-state index in [1.807, 2.05) is 13.8 Å². The molecule has 0 bridgehead atoms. The Kier molecular flexibility index (Phi) is 5.42. The lowest BCUT2D eigenvalue weighted by molar-refractivity contribution is -0.122. The summed E-state index contributed by atoms with van der Waals surface area (Å²) in [5.74, 6) is -0.347. The average molecular weight is 319 g/mol. The fourth-order valence-electron chi connectivity index (χ4n) is 1.80. The van der Waals surface area contributed by atoms with E-state index in [9.17, 15) is 13.2 Å². The zero-order valence-electron chi connectivity index (χ0n) is 11.9. The van der Waals surface area contributed by atoms with Gasteiger partial charge in [0.1, 0.15) is 6.04 Å². The van der Waals surface area contributed by atoms with Gasteiger partial charge in [0.15, 0.2) is 0 Å². The van der Waals surface area contributed by atoms with E-state index in [0.29, 0.717) is 10.7 Å². The van der Waals surface area contributed by atoms with Crippen LogP contribution in [0.4, 0.5) is 5.69 Å². The Balaban J connectivity index is 3.14. The highest BCUT2D eigenvalue weighted by Gasteiger charge is 2.29. The van der Waals surface area contributed by atoms with Crippen molar-refractivity contribution < 1.29 is 13.2 Å². The minimum Gasteiger partial charge on any atom is -0.352 e. The average Bonchev–Trinajstić information content (AvgIpc) is 2.29.